The van der Waals surface area contributed by atoms with Crippen LogP contribution in [0, 0.1) is 5.41 Å². The van der Waals surface area contributed by atoms with Gasteiger partial charge >= 0.3 is 0 Å². The van der Waals surface area contributed by atoms with Crippen LogP contribution in [0.4, 0.5) is 0 Å². The van der Waals surface area contributed by atoms with Gasteiger partial charge in [0, 0.05) is 26.3 Å². The van der Waals surface area contributed by atoms with Crippen LogP contribution in [0.25, 0.3) is 0 Å². The molecule has 0 unspecified atom stereocenters. The van der Waals surface area contributed by atoms with E-state index in [9.17, 15) is 0 Å². The Morgan fingerprint density at radius 3 is 2.50 bits per heavy atom. The third-order valence-corrected chi connectivity index (χ3v) is 3.21. The molecule has 1 rings (SSSR count). The Bertz CT molecular complexity index is 150. The molecule has 0 aliphatic heterocycles. The van der Waals surface area contributed by atoms with Crippen molar-refractivity contribution < 1.29 is 4.74 Å². The Morgan fingerprint density at radius 1 is 1.29 bits per heavy atom. The van der Waals surface area contributed by atoms with Gasteiger partial charge in [-0.2, -0.15) is 0 Å². The molecule has 1 aliphatic carbocycles. The lowest BCUT2D eigenvalue weighted by Crippen LogP contribution is -2.36. The highest BCUT2D eigenvalue weighted by Crippen LogP contribution is 2.22. The summed E-state index contributed by atoms with van der Waals surface area (Å²) in [5.41, 5.74) is 0.374. The summed E-state index contributed by atoms with van der Waals surface area (Å²) in [5.74, 6) is 0. The van der Waals surface area contributed by atoms with E-state index in [1.54, 1.807) is 7.11 Å². The van der Waals surface area contributed by atoms with Gasteiger partial charge in [0.2, 0.25) is 0 Å². The van der Waals surface area contributed by atoms with Crippen LogP contribution >= 0.6 is 0 Å². The molecule has 0 atom stereocenters. The van der Waals surface area contributed by atoms with Crippen molar-refractivity contribution in [2.75, 3.05) is 20.3 Å². The third-order valence-electron chi connectivity index (χ3n) is 3.21. The summed E-state index contributed by atoms with van der Waals surface area (Å²) in [6.45, 7) is 6.63. The Kier molecular flexibility index (Phi) is 4.90. The molecule has 2 nitrogen and oxygen atoms in total. The summed E-state index contributed by atoms with van der Waals surface area (Å²) >= 11 is 0. The van der Waals surface area contributed by atoms with Gasteiger partial charge in [-0.15, -0.1) is 0 Å². The molecular formula is C12H25NO. The van der Waals surface area contributed by atoms with E-state index >= 15 is 0 Å². The molecule has 0 spiro atoms. The van der Waals surface area contributed by atoms with E-state index in [-0.39, 0.29) is 0 Å². The van der Waals surface area contributed by atoms with Crippen molar-refractivity contribution >= 4 is 0 Å². The molecule has 0 amide bonds. The molecule has 0 saturated heterocycles. The molecule has 0 aromatic rings. The van der Waals surface area contributed by atoms with Gasteiger partial charge in [-0.25, -0.2) is 0 Å². The summed E-state index contributed by atoms with van der Waals surface area (Å²) in [6, 6.07) is 0.789. The average Bonchev–Trinajstić information content (AvgIpc) is 2.64. The molecule has 1 aliphatic rings. The lowest BCUT2D eigenvalue weighted by atomic mass is 9.89. The van der Waals surface area contributed by atoms with E-state index in [4.69, 9.17) is 4.74 Å². The van der Waals surface area contributed by atoms with Gasteiger partial charge in [-0.3, -0.25) is 0 Å². The van der Waals surface area contributed by atoms with Crippen LogP contribution in [0.5, 0.6) is 0 Å². The highest BCUT2D eigenvalue weighted by Gasteiger charge is 2.21. The molecule has 1 fully saturated rings. The van der Waals surface area contributed by atoms with E-state index in [0.717, 1.165) is 25.6 Å². The molecule has 0 aromatic carbocycles. The Balaban J connectivity index is 2.14. The average molecular weight is 199 g/mol. The summed E-state index contributed by atoms with van der Waals surface area (Å²) in [4.78, 5) is 0. The highest BCUT2D eigenvalue weighted by atomic mass is 16.5. The molecule has 0 heterocycles. The second-order valence-electron chi connectivity index (χ2n) is 5.27. The number of rotatable bonds is 6. The van der Waals surface area contributed by atoms with Crippen LogP contribution < -0.4 is 5.32 Å². The van der Waals surface area contributed by atoms with Crippen LogP contribution in [-0.4, -0.2) is 26.3 Å². The predicted octanol–water partition coefficient (Wildman–Crippen LogP) is 2.58. The van der Waals surface area contributed by atoms with Crippen molar-refractivity contribution in [3.05, 3.63) is 0 Å². The standard InChI is InChI=1S/C12H25NO/c1-12(2,8-9-14-3)10-13-11-6-4-5-7-11/h11,13H,4-10H2,1-3H3. The largest absolute Gasteiger partial charge is 0.385 e. The molecule has 0 radical (unpaired) electrons. The van der Waals surface area contributed by atoms with Gasteiger partial charge in [0.05, 0.1) is 0 Å². The zero-order chi connectivity index (χ0) is 10.4. The van der Waals surface area contributed by atoms with Crippen molar-refractivity contribution in [1.29, 1.82) is 0 Å². The number of nitrogens with one attached hydrogen (secondary N) is 1. The number of ether oxygens (including phenoxy) is 1. The Morgan fingerprint density at radius 2 is 1.93 bits per heavy atom. The van der Waals surface area contributed by atoms with E-state index in [2.05, 4.69) is 19.2 Å². The Labute approximate surface area is 88.4 Å². The molecule has 2 heteroatoms. The van der Waals surface area contributed by atoms with E-state index in [1.165, 1.54) is 25.7 Å². The van der Waals surface area contributed by atoms with Gasteiger partial charge in [-0.1, -0.05) is 26.7 Å². The van der Waals surface area contributed by atoms with Gasteiger partial charge in [0.25, 0.3) is 0 Å². The first kappa shape index (κ1) is 12.0. The molecule has 14 heavy (non-hydrogen) atoms. The fourth-order valence-electron chi connectivity index (χ4n) is 2.02. The zero-order valence-electron chi connectivity index (χ0n) is 9.94. The smallest absolute Gasteiger partial charge is 0.0467 e. The van der Waals surface area contributed by atoms with E-state index in [1.807, 2.05) is 0 Å². The van der Waals surface area contributed by atoms with Crippen molar-refractivity contribution in [3.8, 4) is 0 Å². The van der Waals surface area contributed by atoms with E-state index < -0.39 is 0 Å². The maximum Gasteiger partial charge on any atom is 0.0467 e. The second-order valence-corrected chi connectivity index (χ2v) is 5.27. The lowest BCUT2D eigenvalue weighted by molar-refractivity contribution is 0.149. The van der Waals surface area contributed by atoms with E-state index in [0.29, 0.717) is 5.41 Å². The summed E-state index contributed by atoms with van der Waals surface area (Å²) in [7, 11) is 1.78. The van der Waals surface area contributed by atoms with Crippen LogP contribution in [-0.2, 0) is 4.74 Å². The van der Waals surface area contributed by atoms with Crippen LogP contribution in [0.1, 0.15) is 46.0 Å². The number of hydrogen-bond donors (Lipinski definition) is 1. The molecule has 0 bridgehead atoms. The van der Waals surface area contributed by atoms with Gasteiger partial charge in [0.1, 0.15) is 0 Å². The molecular weight excluding hydrogens is 174 g/mol. The topological polar surface area (TPSA) is 21.3 Å². The van der Waals surface area contributed by atoms with Crippen molar-refractivity contribution in [1.82, 2.24) is 5.32 Å². The quantitative estimate of drug-likeness (QED) is 0.710. The minimum atomic E-state index is 0.374. The molecule has 84 valence electrons. The van der Waals surface area contributed by atoms with Crippen molar-refractivity contribution in [3.63, 3.8) is 0 Å². The SMILES string of the molecule is COCCC(C)(C)CNC1CCCC1. The molecule has 0 aromatic heterocycles. The Hall–Kier alpha value is -0.0800. The number of methoxy groups -OCH3 is 1. The summed E-state index contributed by atoms with van der Waals surface area (Å²) < 4.78 is 5.12. The number of hydrogen-bond acceptors (Lipinski definition) is 2. The lowest BCUT2D eigenvalue weighted by Gasteiger charge is -2.26. The van der Waals surface area contributed by atoms with Gasteiger partial charge in [-0.05, 0) is 24.7 Å². The first-order chi connectivity index (χ1) is 6.64. The minimum Gasteiger partial charge on any atom is -0.385 e. The minimum absolute atomic E-state index is 0.374. The normalized spacial score (nSPS) is 19.1. The first-order valence-corrected chi connectivity index (χ1v) is 5.86. The van der Waals surface area contributed by atoms with Crippen molar-refractivity contribution in [2.45, 2.75) is 52.0 Å². The van der Waals surface area contributed by atoms with Gasteiger partial charge in [0.15, 0.2) is 0 Å². The molecule has 1 N–H and O–H groups in total. The maximum absolute atomic E-state index is 5.12. The van der Waals surface area contributed by atoms with Crippen LogP contribution in [0.15, 0.2) is 0 Å². The fraction of sp³-hybridized carbons (Fsp3) is 1.00. The third kappa shape index (κ3) is 4.43. The fourth-order valence-corrected chi connectivity index (χ4v) is 2.02. The molecule has 1 saturated carbocycles. The second kappa shape index (κ2) is 5.72. The van der Waals surface area contributed by atoms with Gasteiger partial charge < -0.3 is 10.1 Å². The first-order valence-electron chi connectivity index (χ1n) is 5.86. The van der Waals surface area contributed by atoms with Crippen LogP contribution in [0.3, 0.4) is 0 Å². The van der Waals surface area contributed by atoms with Crippen molar-refractivity contribution in [2.24, 2.45) is 5.41 Å². The monoisotopic (exact) mass is 199 g/mol. The maximum atomic E-state index is 5.12. The predicted molar refractivity (Wildman–Crippen MR) is 60.5 cm³/mol. The zero-order valence-corrected chi connectivity index (χ0v) is 9.94. The summed E-state index contributed by atoms with van der Waals surface area (Å²) in [5, 5.41) is 3.68. The summed E-state index contributed by atoms with van der Waals surface area (Å²) in [6.07, 6.45) is 6.72. The highest BCUT2D eigenvalue weighted by molar-refractivity contribution is 4.78. The van der Waals surface area contributed by atoms with Crippen LogP contribution in [0.2, 0.25) is 0 Å².